The molecule has 0 amide bonds. The monoisotopic (exact) mass is 420 g/mol. The Bertz CT molecular complexity index is 962. The fraction of sp³-hybridized carbons (Fsp3) is 0.312. The van der Waals surface area contributed by atoms with Crippen molar-refractivity contribution in [2.75, 3.05) is 13.6 Å². The third-order valence-corrected chi connectivity index (χ3v) is 5.99. The lowest BCUT2D eigenvalue weighted by Gasteiger charge is -2.33. The third-order valence-electron chi connectivity index (χ3n) is 3.97. The van der Waals surface area contributed by atoms with E-state index in [-0.39, 0.29) is 11.6 Å². The van der Waals surface area contributed by atoms with Crippen LogP contribution in [-0.2, 0) is 27.1 Å². The van der Waals surface area contributed by atoms with E-state index < -0.39 is 26.9 Å². The van der Waals surface area contributed by atoms with Crippen LogP contribution in [0.4, 0.5) is 0 Å². The van der Waals surface area contributed by atoms with Gasteiger partial charge in [0.2, 0.25) is 0 Å². The number of hydrogen-bond donors (Lipinski definition) is 2. The summed E-state index contributed by atoms with van der Waals surface area (Å²) < 4.78 is 42.1. The predicted molar refractivity (Wildman–Crippen MR) is 97.3 cm³/mol. The van der Waals surface area contributed by atoms with E-state index >= 15 is 0 Å². The number of methoxy groups -OCH3 is 1. The Labute approximate surface area is 163 Å². The molecule has 3 rings (SSSR count). The van der Waals surface area contributed by atoms with Crippen LogP contribution in [0.25, 0.3) is 0 Å². The standard InChI is InChI=1S/C16H17ClNO6PS/c1-23-16(19)15(11-4-2-3-5-12(11)17)18-7-6-13-10(9-18)8-14(26-13)24-25(20,21)22/h2-5,8,15H,6-7,9H2,1H3,(H2,20,21,22)/t15-/m0/s1/i1D3. The summed E-state index contributed by atoms with van der Waals surface area (Å²) >= 11 is 7.37. The number of esters is 1. The summed E-state index contributed by atoms with van der Waals surface area (Å²) in [6.45, 7) is 0.608. The van der Waals surface area contributed by atoms with Gasteiger partial charge in [-0.1, -0.05) is 29.8 Å². The quantitative estimate of drug-likeness (QED) is 0.566. The molecule has 0 bridgehead atoms. The summed E-state index contributed by atoms with van der Waals surface area (Å²) in [5.41, 5.74) is 1.14. The highest BCUT2D eigenvalue weighted by Crippen LogP contribution is 2.44. The van der Waals surface area contributed by atoms with Crippen molar-refractivity contribution < 1.29 is 32.5 Å². The van der Waals surface area contributed by atoms with Crippen LogP contribution in [-0.4, -0.2) is 34.2 Å². The molecule has 1 aliphatic heterocycles. The largest absolute Gasteiger partial charge is 0.525 e. The number of nitrogens with zero attached hydrogens (tertiary/aromatic N) is 1. The second-order valence-electron chi connectivity index (χ2n) is 5.66. The molecule has 2 heterocycles. The number of thiophene rings is 1. The number of ether oxygens (including phenoxy) is 1. The van der Waals surface area contributed by atoms with Crippen molar-refractivity contribution in [3.05, 3.63) is 51.4 Å². The number of phosphoric acid groups is 1. The topological polar surface area (TPSA) is 96.3 Å². The molecule has 7 nitrogen and oxygen atoms in total. The molecule has 1 atom stereocenters. The van der Waals surface area contributed by atoms with Crippen LogP contribution in [0.3, 0.4) is 0 Å². The Hall–Kier alpha value is -1.41. The Morgan fingerprint density at radius 2 is 2.23 bits per heavy atom. The average molecular weight is 421 g/mol. The van der Waals surface area contributed by atoms with E-state index in [1.807, 2.05) is 0 Å². The normalized spacial score (nSPS) is 18.2. The zero-order valence-electron chi connectivity index (χ0n) is 16.3. The molecule has 0 unspecified atom stereocenters. The fourth-order valence-electron chi connectivity index (χ4n) is 2.94. The molecule has 0 saturated carbocycles. The molecular weight excluding hydrogens is 401 g/mol. The predicted octanol–water partition coefficient (Wildman–Crippen LogP) is 3.15. The maximum Gasteiger partial charge on any atom is 0.525 e. The molecule has 140 valence electrons. The van der Waals surface area contributed by atoms with Gasteiger partial charge in [-0.05, 0) is 29.7 Å². The van der Waals surface area contributed by atoms with Gasteiger partial charge >= 0.3 is 13.8 Å². The molecule has 1 aliphatic rings. The van der Waals surface area contributed by atoms with Crippen LogP contribution in [0.15, 0.2) is 30.3 Å². The number of fused-ring (bicyclic) bond motifs is 1. The van der Waals surface area contributed by atoms with E-state index in [0.29, 0.717) is 23.6 Å². The maximum absolute atomic E-state index is 12.7. The number of carbonyl (C=O) groups is 1. The number of carbonyl (C=O) groups excluding carboxylic acids is 1. The maximum atomic E-state index is 12.7. The van der Waals surface area contributed by atoms with Crippen molar-refractivity contribution in [2.24, 2.45) is 0 Å². The average Bonchev–Trinajstić information content (AvgIpc) is 2.94. The van der Waals surface area contributed by atoms with Crippen molar-refractivity contribution in [3.8, 4) is 5.06 Å². The summed E-state index contributed by atoms with van der Waals surface area (Å²) in [5.74, 6) is -0.955. The Balaban J connectivity index is 1.90. The van der Waals surface area contributed by atoms with Crippen molar-refractivity contribution in [1.29, 1.82) is 0 Å². The van der Waals surface area contributed by atoms with Crippen molar-refractivity contribution >= 4 is 36.7 Å². The van der Waals surface area contributed by atoms with Gasteiger partial charge in [-0.25, -0.2) is 9.36 Å². The molecule has 1 aromatic carbocycles. The van der Waals surface area contributed by atoms with E-state index in [1.165, 1.54) is 6.07 Å². The smallest absolute Gasteiger partial charge is 0.468 e. The molecule has 0 spiro atoms. The lowest BCUT2D eigenvalue weighted by Crippen LogP contribution is -2.38. The van der Waals surface area contributed by atoms with Crippen LogP contribution >= 0.6 is 30.8 Å². The first-order valence-corrected chi connectivity index (χ1v) is 10.2. The molecule has 2 aromatic rings. The molecule has 10 heteroatoms. The lowest BCUT2D eigenvalue weighted by atomic mass is 10.0. The Kier molecular flexibility index (Phi) is 4.62. The SMILES string of the molecule is [2H]C([2H])([2H])OC(=O)[C@H](c1ccccc1Cl)N1CCc2sc(OP(=O)(O)O)cc2C1. The summed E-state index contributed by atoms with van der Waals surface area (Å²) in [6, 6.07) is 7.05. The molecule has 0 aliphatic carbocycles. The number of halogens is 1. The lowest BCUT2D eigenvalue weighted by molar-refractivity contribution is -0.147. The first-order valence-electron chi connectivity index (χ1n) is 9.01. The molecule has 0 saturated heterocycles. The van der Waals surface area contributed by atoms with E-state index in [4.69, 9.17) is 25.5 Å². The molecule has 26 heavy (non-hydrogen) atoms. The van der Waals surface area contributed by atoms with E-state index in [9.17, 15) is 9.36 Å². The minimum Gasteiger partial charge on any atom is -0.468 e. The minimum absolute atomic E-state index is 0.0737. The van der Waals surface area contributed by atoms with Gasteiger partial charge < -0.3 is 9.26 Å². The van der Waals surface area contributed by atoms with Crippen molar-refractivity contribution in [2.45, 2.75) is 19.0 Å². The molecule has 2 N–H and O–H groups in total. The molecular formula is C16H17ClNO6PS. The number of rotatable bonds is 5. The molecule has 0 fully saturated rings. The van der Waals surface area contributed by atoms with Gasteiger partial charge in [-0.15, -0.1) is 11.3 Å². The first-order chi connectivity index (χ1) is 13.4. The van der Waals surface area contributed by atoms with Gasteiger partial charge in [-0.3, -0.25) is 14.7 Å². The summed E-state index contributed by atoms with van der Waals surface area (Å²) in [5, 5.41) is 0.367. The van der Waals surface area contributed by atoms with Crippen LogP contribution in [0.5, 0.6) is 5.06 Å². The summed E-state index contributed by atoms with van der Waals surface area (Å²) in [4.78, 5) is 33.3. The summed E-state index contributed by atoms with van der Waals surface area (Å²) in [6.07, 6.45) is 0.479. The van der Waals surface area contributed by atoms with Gasteiger partial charge in [0.15, 0.2) is 5.06 Å². The van der Waals surface area contributed by atoms with Crippen molar-refractivity contribution in [3.63, 3.8) is 0 Å². The fourth-order valence-corrected chi connectivity index (χ4v) is 4.79. The van der Waals surface area contributed by atoms with Gasteiger partial charge in [0, 0.05) is 23.0 Å². The van der Waals surface area contributed by atoms with Gasteiger partial charge in [0.1, 0.15) is 6.04 Å². The Morgan fingerprint density at radius 1 is 1.46 bits per heavy atom. The molecule has 1 aromatic heterocycles. The van der Waals surface area contributed by atoms with Crippen LogP contribution in [0, 0.1) is 0 Å². The van der Waals surface area contributed by atoms with Crippen LogP contribution in [0.1, 0.15) is 26.2 Å². The number of phosphoric ester groups is 1. The first kappa shape index (κ1) is 15.6. The second-order valence-corrected chi connectivity index (χ2v) is 8.33. The molecule has 0 radical (unpaired) electrons. The highest BCUT2D eigenvalue weighted by molar-refractivity contribution is 7.47. The highest BCUT2D eigenvalue weighted by atomic mass is 35.5. The van der Waals surface area contributed by atoms with E-state index in [1.54, 1.807) is 29.2 Å². The van der Waals surface area contributed by atoms with Gasteiger partial charge in [-0.2, -0.15) is 0 Å². The van der Waals surface area contributed by atoms with E-state index in [2.05, 4.69) is 9.26 Å². The van der Waals surface area contributed by atoms with Crippen LogP contribution < -0.4 is 4.52 Å². The Morgan fingerprint density at radius 3 is 2.92 bits per heavy atom. The van der Waals surface area contributed by atoms with Crippen molar-refractivity contribution in [1.82, 2.24) is 4.90 Å². The third kappa shape index (κ3) is 4.28. The number of hydrogen-bond acceptors (Lipinski definition) is 6. The van der Waals surface area contributed by atoms with Gasteiger partial charge in [0.25, 0.3) is 0 Å². The minimum atomic E-state index is -4.68. The number of benzene rings is 1. The summed E-state index contributed by atoms with van der Waals surface area (Å²) in [7, 11) is -7.58. The zero-order chi connectivity index (χ0) is 21.4. The zero-order valence-corrected chi connectivity index (χ0v) is 15.8. The van der Waals surface area contributed by atoms with E-state index in [0.717, 1.165) is 21.8 Å². The van der Waals surface area contributed by atoms with Crippen LogP contribution in [0.2, 0.25) is 5.02 Å². The van der Waals surface area contributed by atoms with Gasteiger partial charge in [0.05, 0.1) is 11.2 Å². The highest BCUT2D eigenvalue weighted by Gasteiger charge is 2.33. The second kappa shape index (κ2) is 7.68.